The van der Waals surface area contributed by atoms with Crippen molar-refractivity contribution in [2.75, 3.05) is 0 Å². The molecule has 2 aromatic carbocycles. The third-order valence-electron chi connectivity index (χ3n) is 3.67. The van der Waals surface area contributed by atoms with Crippen LogP contribution in [-0.2, 0) is 10.8 Å². The van der Waals surface area contributed by atoms with Crippen LogP contribution < -0.4 is 21.2 Å². The molecule has 2 rings (SSSR count). The SMILES string of the molecule is CC(C)(C)c1ccc([I+]c2ccc(C(C)(C)C)c(F)c2)cc1. The van der Waals surface area contributed by atoms with Crippen LogP contribution in [0.2, 0.25) is 0 Å². The van der Waals surface area contributed by atoms with Crippen LogP contribution >= 0.6 is 0 Å². The van der Waals surface area contributed by atoms with Gasteiger partial charge in [-0.3, -0.25) is 0 Å². The lowest BCUT2D eigenvalue weighted by atomic mass is 9.87. The van der Waals surface area contributed by atoms with Gasteiger partial charge in [-0.1, -0.05) is 59.7 Å². The molecule has 2 heteroatoms. The molecule has 0 bridgehead atoms. The van der Waals surface area contributed by atoms with Crippen LogP contribution in [0.15, 0.2) is 42.5 Å². The van der Waals surface area contributed by atoms with Gasteiger partial charge < -0.3 is 0 Å². The topological polar surface area (TPSA) is 0 Å². The van der Waals surface area contributed by atoms with Crippen LogP contribution in [0.3, 0.4) is 0 Å². The molecule has 0 spiro atoms. The number of hydrogen-bond donors (Lipinski definition) is 0. The number of rotatable bonds is 2. The van der Waals surface area contributed by atoms with E-state index in [1.807, 2.05) is 26.8 Å². The third-order valence-corrected chi connectivity index (χ3v) is 6.30. The van der Waals surface area contributed by atoms with Gasteiger partial charge in [0.2, 0.25) is 0 Å². The summed E-state index contributed by atoms with van der Waals surface area (Å²) in [5, 5.41) is 0. The first-order chi connectivity index (χ1) is 10.1. The quantitative estimate of drug-likeness (QED) is 0.667. The molecule has 2 aromatic rings. The highest BCUT2D eigenvalue weighted by Crippen LogP contribution is 2.24. The second-order valence-electron chi connectivity index (χ2n) is 7.73. The van der Waals surface area contributed by atoms with Crippen molar-refractivity contribution in [3.63, 3.8) is 0 Å². The van der Waals surface area contributed by atoms with Crippen molar-refractivity contribution in [2.45, 2.75) is 52.4 Å². The van der Waals surface area contributed by atoms with Crippen molar-refractivity contribution in [3.8, 4) is 0 Å². The minimum atomic E-state index is -0.327. The highest BCUT2D eigenvalue weighted by molar-refractivity contribution is 5.25. The van der Waals surface area contributed by atoms with Gasteiger partial charge in [-0.25, -0.2) is 4.39 Å². The van der Waals surface area contributed by atoms with E-state index < -0.39 is 0 Å². The molecule has 0 aromatic heterocycles. The van der Waals surface area contributed by atoms with E-state index >= 15 is 0 Å². The van der Waals surface area contributed by atoms with Crippen LogP contribution in [0.5, 0.6) is 0 Å². The van der Waals surface area contributed by atoms with Gasteiger partial charge in [-0.2, -0.15) is 0 Å². The van der Waals surface area contributed by atoms with Gasteiger partial charge in [0, 0.05) is 6.07 Å². The molecule has 0 aliphatic rings. The first-order valence-corrected chi connectivity index (χ1v) is 9.78. The predicted molar refractivity (Wildman–Crippen MR) is 87.6 cm³/mol. The maximum absolute atomic E-state index is 14.3. The molecule has 0 aliphatic carbocycles. The lowest BCUT2D eigenvalue weighted by molar-refractivity contribution is -0.597. The molecule has 0 N–H and O–H groups in total. The molecule has 0 fully saturated rings. The molecule has 22 heavy (non-hydrogen) atoms. The van der Waals surface area contributed by atoms with E-state index in [0.717, 1.165) is 9.13 Å². The summed E-state index contributed by atoms with van der Waals surface area (Å²) in [5.41, 5.74) is 2.17. The fraction of sp³-hybridized carbons (Fsp3) is 0.400. The largest absolute Gasteiger partial charge is 0.358 e. The Hall–Kier alpha value is -0.900. The standard InChI is InChI=1S/C20H25FI/c1-19(2,3)14-7-9-15(10-8-14)22-16-11-12-17(18(21)13-16)20(4,5)6/h7-13H,1-6H3/q+1. The summed E-state index contributed by atoms with van der Waals surface area (Å²) in [6, 6.07) is 14.6. The molecular formula is C20H25FI+. The Kier molecular flexibility index (Phi) is 5.00. The van der Waals surface area contributed by atoms with E-state index in [1.165, 1.54) is 9.13 Å². The Labute approximate surface area is 144 Å². The van der Waals surface area contributed by atoms with Crippen LogP contribution in [0, 0.1) is 13.0 Å². The van der Waals surface area contributed by atoms with Crippen molar-refractivity contribution in [2.24, 2.45) is 0 Å². The summed E-state index contributed by atoms with van der Waals surface area (Å²) < 4.78 is 16.7. The van der Waals surface area contributed by atoms with Gasteiger partial charge in [0.05, 0.1) is 0 Å². The average Bonchev–Trinajstić information content (AvgIpc) is 2.36. The lowest BCUT2D eigenvalue weighted by Crippen LogP contribution is -3.61. The maximum atomic E-state index is 14.3. The zero-order valence-electron chi connectivity index (χ0n) is 14.3. The smallest absolute Gasteiger partial charge is 0.207 e. The minimum Gasteiger partial charge on any atom is -0.207 e. The van der Waals surface area contributed by atoms with Gasteiger partial charge in [0.15, 0.2) is 7.14 Å². The Morgan fingerprint density at radius 2 is 1.27 bits per heavy atom. The molecule has 0 saturated heterocycles. The molecule has 0 unspecified atom stereocenters. The molecule has 0 saturated carbocycles. The molecule has 0 atom stereocenters. The molecule has 0 nitrogen and oxygen atoms in total. The number of benzene rings is 2. The van der Waals surface area contributed by atoms with E-state index in [-0.39, 0.29) is 37.9 Å². The van der Waals surface area contributed by atoms with Crippen molar-refractivity contribution in [1.29, 1.82) is 0 Å². The monoisotopic (exact) mass is 411 g/mol. The fourth-order valence-electron chi connectivity index (χ4n) is 2.30. The van der Waals surface area contributed by atoms with E-state index in [9.17, 15) is 4.39 Å². The number of hydrogen-bond acceptors (Lipinski definition) is 0. The first-order valence-electron chi connectivity index (χ1n) is 7.63. The van der Waals surface area contributed by atoms with Gasteiger partial charge in [0.1, 0.15) is 5.82 Å². The summed E-state index contributed by atoms with van der Waals surface area (Å²) in [7, 11) is 0. The second-order valence-corrected chi connectivity index (χ2v) is 10.8. The fourth-order valence-corrected chi connectivity index (χ4v) is 4.52. The van der Waals surface area contributed by atoms with Crippen molar-refractivity contribution < 1.29 is 25.6 Å². The summed E-state index contributed by atoms with van der Waals surface area (Å²) >= 11 is -0.327. The summed E-state index contributed by atoms with van der Waals surface area (Å²) in [4.78, 5) is 0. The predicted octanol–water partition coefficient (Wildman–Crippen LogP) is 2.55. The Balaban J connectivity index is 2.19. The first kappa shape index (κ1) is 17.5. The summed E-state index contributed by atoms with van der Waals surface area (Å²) in [6.07, 6.45) is 0. The van der Waals surface area contributed by atoms with E-state index in [1.54, 1.807) is 6.07 Å². The minimum absolute atomic E-state index is 0.0731. The molecule has 0 radical (unpaired) electrons. The molecule has 0 amide bonds. The zero-order chi connectivity index (χ0) is 16.5. The van der Waals surface area contributed by atoms with E-state index in [0.29, 0.717) is 0 Å². The average molecular weight is 411 g/mol. The Morgan fingerprint density at radius 3 is 1.73 bits per heavy atom. The zero-order valence-corrected chi connectivity index (χ0v) is 16.5. The highest BCUT2D eigenvalue weighted by atomic mass is 127. The third kappa shape index (κ3) is 4.31. The highest BCUT2D eigenvalue weighted by Gasteiger charge is 2.23. The van der Waals surface area contributed by atoms with Crippen molar-refractivity contribution in [1.82, 2.24) is 0 Å². The maximum Gasteiger partial charge on any atom is 0.358 e. The second kappa shape index (κ2) is 6.31. The van der Waals surface area contributed by atoms with Crippen LogP contribution in [0.4, 0.5) is 4.39 Å². The summed E-state index contributed by atoms with van der Waals surface area (Å²) in [6.45, 7) is 12.8. The van der Waals surface area contributed by atoms with Crippen molar-refractivity contribution >= 4 is 0 Å². The van der Waals surface area contributed by atoms with Crippen LogP contribution in [0.25, 0.3) is 0 Å². The Morgan fingerprint density at radius 1 is 0.727 bits per heavy atom. The molecule has 0 aliphatic heterocycles. The van der Waals surface area contributed by atoms with Gasteiger partial charge in [0.25, 0.3) is 0 Å². The Bertz CT molecular complexity index is 643. The van der Waals surface area contributed by atoms with E-state index in [4.69, 9.17) is 0 Å². The lowest BCUT2D eigenvalue weighted by Gasteiger charge is -2.19. The summed E-state index contributed by atoms with van der Waals surface area (Å²) in [5.74, 6) is -0.0731. The van der Waals surface area contributed by atoms with Crippen LogP contribution in [-0.4, -0.2) is 0 Å². The van der Waals surface area contributed by atoms with Gasteiger partial charge in [-0.05, 0) is 40.2 Å². The van der Waals surface area contributed by atoms with Crippen molar-refractivity contribution in [3.05, 3.63) is 66.5 Å². The molecule has 0 heterocycles. The van der Waals surface area contributed by atoms with Gasteiger partial charge in [-0.15, -0.1) is 0 Å². The normalized spacial score (nSPS) is 12.5. The molecule has 118 valence electrons. The number of halogens is 2. The molecular weight excluding hydrogens is 386 g/mol. The van der Waals surface area contributed by atoms with E-state index in [2.05, 4.69) is 51.1 Å². The van der Waals surface area contributed by atoms with Gasteiger partial charge >= 0.3 is 21.2 Å². The van der Waals surface area contributed by atoms with Crippen LogP contribution in [0.1, 0.15) is 52.7 Å².